The van der Waals surface area contributed by atoms with E-state index in [0.717, 1.165) is 0 Å². The molecular formula is C15H10O5. The molecule has 0 atom stereocenters. The molecule has 0 radical (unpaired) electrons. The Morgan fingerprint density at radius 3 is 2.60 bits per heavy atom. The summed E-state index contributed by atoms with van der Waals surface area (Å²) >= 11 is 0. The Balaban J connectivity index is 2.34. The zero-order chi connectivity index (χ0) is 14.3. The maximum Gasteiger partial charge on any atom is 0.344 e. The van der Waals surface area contributed by atoms with E-state index in [0.29, 0.717) is 21.7 Å². The Morgan fingerprint density at radius 2 is 1.85 bits per heavy atom. The molecular weight excluding hydrogens is 260 g/mol. The van der Waals surface area contributed by atoms with Gasteiger partial charge in [-0.05, 0) is 30.3 Å². The maximum atomic E-state index is 12.0. The molecule has 1 aromatic heterocycles. The average molecular weight is 270 g/mol. The summed E-state index contributed by atoms with van der Waals surface area (Å²) < 4.78 is 10.1. The van der Waals surface area contributed by atoms with Crippen LogP contribution in [0.4, 0.5) is 0 Å². The van der Waals surface area contributed by atoms with Crippen molar-refractivity contribution in [1.29, 1.82) is 0 Å². The molecule has 0 unspecified atom stereocenters. The van der Waals surface area contributed by atoms with Gasteiger partial charge in [-0.25, -0.2) is 4.79 Å². The van der Waals surface area contributed by atoms with E-state index in [1.54, 1.807) is 18.2 Å². The second-order valence-corrected chi connectivity index (χ2v) is 4.37. The summed E-state index contributed by atoms with van der Waals surface area (Å²) in [6.07, 6.45) is 0. The predicted octanol–water partition coefficient (Wildman–Crippen LogP) is 2.58. The van der Waals surface area contributed by atoms with Crippen LogP contribution in [0.5, 0.6) is 11.5 Å². The average Bonchev–Trinajstić information content (AvgIpc) is 2.38. The van der Waals surface area contributed by atoms with Crippen LogP contribution in [0.15, 0.2) is 45.6 Å². The Labute approximate surface area is 113 Å². The molecule has 5 heteroatoms. The van der Waals surface area contributed by atoms with Gasteiger partial charge in [0.2, 0.25) is 0 Å². The van der Waals surface area contributed by atoms with Crippen molar-refractivity contribution in [3.05, 3.63) is 46.8 Å². The first kappa shape index (κ1) is 12.2. The molecule has 5 nitrogen and oxygen atoms in total. The van der Waals surface area contributed by atoms with E-state index < -0.39 is 11.6 Å². The number of hydrogen-bond acceptors (Lipinski definition) is 5. The molecule has 0 saturated heterocycles. The molecule has 2 aromatic carbocycles. The molecule has 0 aliphatic heterocycles. The Hall–Kier alpha value is -2.82. The van der Waals surface area contributed by atoms with Gasteiger partial charge in [0.15, 0.2) is 0 Å². The van der Waals surface area contributed by atoms with Crippen molar-refractivity contribution in [3.63, 3.8) is 0 Å². The van der Waals surface area contributed by atoms with Crippen molar-refractivity contribution in [2.45, 2.75) is 6.92 Å². The third-order valence-electron chi connectivity index (χ3n) is 2.93. The van der Waals surface area contributed by atoms with Crippen molar-refractivity contribution in [2.24, 2.45) is 0 Å². The SMILES string of the molecule is CC(=O)Oc1ccc2c(c1)c(=O)oc1cc(O)ccc12. The van der Waals surface area contributed by atoms with Gasteiger partial charge >= 0.3 is 11.6 Å². The van der Waals surface area contributed by atoms with Crippen molar-refractivity contribution in [1.82, 2.24) is 0 Å². The quantitative estimate of drug-likeness (QED) is 0.318. The fourth-order valence-electron chi connectivity index (χ4n) is 2.13. The highest BCUT2D eigenvalue weighted by molar-refractivity contribution is 6.05. The molecule has 0 bridgehead atoms. The third kappa shape index (κ3) is 1.99. The fraction of sp³-hybridized carbons (Fsp3) is 0.0667. The Bertz CT molecular complexity index is 892. The van der Waals surface area contributed by atoms with Gasteiger partial charge in [0, 0.05) is 23.8 Å². The van der Waals surface area contributed by atoms with Crippen molar-refractivity contribution in [3.8, 4) is 11.5 Å². The summed E-state index contributed by atoms with van der Waals surface area (Å²) in [4.78, 5) is 22.9. The lowest BCUT2D eigenvalue weighted by Crippen LogP contribution is -2.04. The summed E-state index contributed by atoms with van der Waals surface area (Å²) in [5, 5.41) is 11.1. The molecule has 3 aromatic rings. The van der Waals surface area contributed by atoms with E-state index in [-0.39, 0.29) is 11.5 Å². The van der Waals surface area contributed by atoms with E-state index in [1.165, 1.54) is 25.1 Å². The van der Waals surface area contributed by atoms with Gasteiger partial charge in [0.25, 0.3) is 0 Å². The van der Waals surface area contributed by atoms with Crippen LogP contribution < -0.4 is 10.4 Å². The van der Waals surface area contributed by atoms with Gasteiger partial charge in [-0.3, -0.25) is 4.79 Å². The van der Waals surface area contributed by atoms with Crippen LogP contribution in [0, 0.1) is 0 Å². The summed E-state index contributed by atoms with van der Waals surface area (Å²) in [6, 6.07) is 9.33. The first-order valence-electron chi connectivity index (χ1n) is 5.92. The van der Waals surface area contributed by atoms with Crippen molar-refractivity contribution < 1.29 is 19.1 Å². The number of phenols is 1. The number of ether oxygens (including phenoxy) is 1. The molecule has 0 amide bonds. The van der Waals surface area contributed by atoms with E-state index in [1.807, 2.05) is 0 Å². The highest BCUT2D eigenvalue weighted by Crippen LogP contribution is 2.28. The number of fused-ring (bicyclic) bond motifs is 3. The summed E-state index contributed by atoms with van der Waals surface area (Å²) in [5.74, 6) is -0.147. The minimum absolute atomic E-state index is 0.0246. The topological polar surface area (TPSA) is 76.7 Å². The van der Waals surface area contributed by atoms with E-state index in [2.05, 4.69) is 0 Å². The lowest BCUT2D eigenvalue weighted by Gasteiger charge is -2.05. The first-order valence-corrected chi connectivity index (χ1v) is 5.92. The number of rotatable bonds is 1. The number of aromatic hydroxyl groups is 1. The number of carbonyl (C=O) groups excluding carboxylic acids is 1. The first-order chi connectivity index (χ1) is 9.54. The minimum Gasteiger partial charge on any atom is -0.508 e. The molecule has 0 spiro atoms. The second-order valence-electron chi connectivity index (χ2n) is 4.37. The zero-order valence-electron chi connectivity index (χ0n) is 10.5. The number of benzene rings is 2. The second kappa shape index (κ2) is 4.38. The molecule has 0 aliphatic carbocycles. The predicted molar refractivity (Wildman–Crippen MR) is 73.0 cm³/mol. The molecule has 1 heterocycles. The summed E-state index contributed by atoms with van der Waals surface area (Å²) in [5.41, 5.74) is -0.241. The molecule has 1 N–H and O–H groups in total. The van der Waals surface area contributed by atoms with Crippen LogP contribution >= 0.6 is 0 Å². The van der Waals surface area contributed by atoms with Gasteiger partial charge in [0.1, 0.15) is 17.1 Å². The molecule has 0 aliphatic rings. The summed E-state index contributed by atoms with van der Waals surface area (Å²) in [6.45, 7) is 1.29. The van der Waals surface area contributed by atoms with Crippen molar-refractivity contribution >= 4 is 27.7 Å². The van der Waals surface area contributed by atoms with Crippen LogP contribution in [0.1, 0.15) is 6.92 Å². The monoisotopic (exact) mass is 270 g/mol. The van der Waals surface area contributed by atoms with Gasteiger partial charge in [0.05, 0.1) is 5.39 Å². The highest BCUT2D eigenvalue weighted by Gasteiger charge is 2.10. The standard InChI is InChI=1S/C15H10O5/c1-8(16)19-10-3-5-11-12-4-2-9(17)6-14(12)20-15(18)13(11)7-10/h2-7,17H,1H3. The molecule has 20 heavy (non-hydrogen) atoms. The third-order valence-corrected chi connectivity index (χ3v) is 2.93. The van der Waals surface area contributed by atoms with Gasteiger partial charge in [-0.2, -0.15) is 0 Å². The molecule has 0 fully saturated rings. The van der Waals surface area contributed by atoms with Crippen LogP contribution in [0.25, 0.3) is 21.7 Å². The van der Waals surface area contributed by atoms with Crippen LogP contribution in [-0.4, -0.2) is 11.1 Å². The van der Waals surface area contributed by atoms with E-state index in [4.69, 9.17) is 9.15 Å². The smallest absolute Gasteiger partial charge is 0.344 e. The number of phenolic OH excluding ortho intramolecular Hbond substituents is 1. The summed E-state index contributed by atoms with van der Waals surface area (Å²) in [7, 11) is 0. The zero-order valence-corrected chi connectivity index (χ0v) is 10.5. The van der Waals surface area contributed by atoms with Crippen LogP contribution in [-0.2, 0) is 4.79 Å². The van der Waals surface area contributed by atoms with Crippen LogP contribution in [0.2, 0.25) is 0 Å². The van der Waals surface area contributed by atoms with Gasteiger partial charge in [-0.1, -0.05) is 0 Å². The highest BCUT2D eigenvalue weighted by atomic mass is 16.5. The normalized spacial score (nSPS) is 10.8. The Kier molecular flexibility index (Phi) is 2.68. The minimum atomic E-state index is -0.549. The number of esters is 1. The van der Waals surface area contributed by atoms with Gasteiger partial charge < -0.3 is 14.3 Å². The van der Waals surface area contributed by atoms with E-state index in [9.17, 15) is 14.7 Å². The Morgan fingerprint density at radius 1 is 1.10 bits per heavy atom. The fourth-order valence-corrected chi connectivity index (χ4v) is 2.13. The number of carbonyl (C=O) groups is 1. The lowest BCUT2D eigenvalue weighted by atomic mass is 10.1. The van der Waals surface area contributed by atoms with E-state index >= 15 is 0 Å². The maximum absolute atomic E-state index is 12.0. The van der Waals surface area contributed by atoms with Gasteiger partial charge in [-0.15, -0.1) is 0 Å². The molecule has 0 saturated carbocycles. The number of hydrogen-bond donors (Lipinski definition) is 1. The lowest BCUT2D eigenvalue weighted by molar-refractivity contribution is -0.131. The molecule has 100 valence electrons. The van der Waals surface area contributed by atoms with Crippen molar-refractivity contribution in [2.75, 3.05) is 0 Å². The largest absolute Gasteiger partial charge is 0.508 e. The molecule has 3 rings (SSSR count). The van der Waals surface area contributed by atoms with Crippen LogP contribution in [0.3, 0.4) is 0 Å².